The van der Waals surface area contributed by atoms with Crippen LogP contribution in [-0.4, -0.2) is 15.9 Å². The Morgan fingerprint density at radius 3 is 2.70 bits per heavy atom. The van der Waals surface area contributed by atoms with Gasteiger partial charge < -0.3 is 15.7 Å². The Kier molecular flexibility index (Phi) is 2.82. The summed E-state index contributed by atoms with van der Waals surface area (Å²) in [6.45, 7) is 0.847. The molecule has 0 atom stereocenters. The summed E-state index contributed by atoms with van der Waals surface area (Å²) in [6.07, 6.45) is 0. The number of nitrogen functional groups attached to an aromatic ring is 1. The quantitative estimate of drug-likeness (QED) is 0.783. The number of halogens is 1. The van der Waals surface area contributed by atoms with E-state index in [0.29, 0.717) is 18.8 Å². The third kappa shape index (κ3) is 2.07. The maximum Gasteiger partial charge on any atom is 0.258 e. The first-order chi connectivity index (χ1) is 9.54. The largest absolute Gasteiger partial charge is 0.507 e. The van der Waals surface area contributed by atoms with Crippen molar-refractivity contribution in [1.82, 2.24) is 4.90 Å². The molecule has 0 radical (unpaired) electrons. The van der Waals surface area contributed by atoms with E-state index in [-0.39, 0.29) is 11.3 Å². The van der Waals surface area contributed by atoms with E-state index in [2.05, 4.69) is 0 Å². The van der Waals surface area contributed by atoms with Crippen LogP contribution in [0.4, 0.5) is 10.1 Å². The van der Waals surface area contributed by atoms with E-state index in [1.54, 1.807) is 11.0 Å². The maximum absolute atomic E-state index is 13.2. The van der Waals surface area contributed by atoms with Crippen molar-refractivity contribution in [3.8, 4) is 5.75 Å². The topological polar surface area (TPSA) is 66.6 Å². The first-order valence-corrected chi connectivity index (χ1v) is 6.19. The molecule has 0 bridgehead atoms. The fourth-order valence-corrected chi connectivity index (χ4v) is 2.41. The summed E-state index contributed by atoms with van der Waals surface area (Å²) in [5.74, 6) is -1.16. The SMILES string of the molecule is Nc1ccc2c(c1)CN(C(=O)c1cc(F)ccc1O)C2. The number of nitrogens with zero attached hydrogens (tertiary/aromatic N) is 1. The number of fused-ring (bicyclic) bond motifs is 1. The molecule has 1 heterocycles. The van der Waals surface area contributed by atoms with E-state index < -0.39 is 11.7 Å². The lowest BCUT2D eigenvalue weighted by molar-refractivity contribution is 0.0748. The zero-order valence-electron chi connectivity index (χ0n) is 10.6. The smallest absolute Gasteiger partial charge is 0.258 e. The highest BCUT2D eigenvalue weighted by Gasteiger charge is 2.26. The van der Waals surface area contributed by atoms with Gasteiger partial charge >= 0.3 is 0 Å². The zero-order valence-corrected chi connectivity index (χ0v) is 10.6. The third-order valence-electron chi connectivity index (χ3n) is 3.43. The molecule has 5 heteroatoms. The Balaban J connectivity index is 1.89. The highest BCUT2D eigenvalue weighted by Crippen LogP contribution is 2.28. The Bertz CT molecular complexity index is 700. The van der Waals surface area contributed by atoms with Gasteiger partial charge in [0, 0.05) is 18.8 Å². The number of benzene rings is 2. The highest BCUT2D eigenvalue weighted by molar-refractivity contribution is 5.97. The van der Waals surface area contributed by atoms with Gasteiger partial charge in [-0.25, -0.2) is 4.39 Å². The van der Waals surface area contributed by atoms with Gasteiger partial charge in [-0.3, -0.25) is 4.79 Å². The number of aromatic hydroxyl groups is 1. The van der Waals surface area contributed by atoms with Crippen molar-refractivity contribution >= 4 is 11.6 Å². The summed E-state index contributed by atoms with van der Waals surface area (Å²) in [4.78, 5) is 13.9. The Hall–Kier alpha value is -2.56. The molecule has 4 nitrogen and oxygen atoms in total. The molecule has 0 aromatic heterocycles. The van der Waals surface area contributed by atoms with Gasteiger partial charge in [-0.05, 0) is 41.5 Å². The van der Waals surface area contributed by atoms with Crippen molar-refractivity contribution in [3.05, 3.63) is 58.9 Å². The number of nitrogens with two attached hydrogens (primary N) is 1. The minimum absolute atomic E-state index is 0.0224. The second-order valence-corrected chi connectivity index (χ2v) is 4.85. The molecule has 20 heavy (non-hydrogen) atoms. The average Bonchev–Trinajstić information content (AvgIpc) is 2.83. The number of amides is 1. The van der Waals surface area contributed by atoms with Crippen molar-refractivity contribution in [2.24, 2.45) is 0 Å². The zero-order chi connectivity index (χ0) is 14.3. The summed E-state index contributed by atoms with van der Waals surface area (Å²) in [5, 5.41) is 9.69. The molecule has 1 amide bonds. The predicted molar refractivity (Wildman–Crippen MR) is 72.5 cm³/mol. The van der Waals surface area contributed by atoms with Crippen molar-refractivity contribution in [2.45, 2.75) is 13.1 Å². The number of hydrogen-bond acceptors (Lipinski definition) is 3. The van der Waals surface area contributed by atoms with Gasteiger partial charge in [0.15, 0.2) is 0 Å². The third-order valence-corrected chi connectivity index (χ3v) is 3.43. The van der Waals surface area contributed by atoms with Crippen LogP contribution in [0.5, 0.6) is 5.75 Å². The van der Waals surface area contributed by atoms with Gasteiger partial charge in [-0.1, -0.05) is 6.07 Å². The Morgan fingerprint density at radius 2 is 1.90 bits per heavy atom. The molecule has 2 aromatic rings. The molecule has 1 aliphatic heterocycles. The molecule has 2 aromatic carbocycles. The molecule has 0 spiro atoms. The minimum Gasteiger partial charge on any atom is -0.507 e. The van der Waals surface area contributed by atoms with Gasteiger partial charge in [0.25, 0.3) is 5.91 Å². The molecule has 0 fully saturated rings. The van der Waals surface area contributed by atoms with Crippen LogP contribution in [0.2, 0.25) is 0 Å². The van der Waals surface area contributed by atoms with E-state index in [9.17, 15) is 14.3 Å². The molecule has 0 aliphatic carbocycles. The van der Waals surface area contributed by atoms with Crippen LogP contribution >= 0.6 is 0 Å². The second kappa shape index (κ2) is 4.52. The molecule has 1 aliphatic rings. The summed E-state index contributed by atoms with van der Waals surface area (Å²) in [6, 6.07) is 8.84. The van der Waals surface area contributed by atoms with Crippen LogP contribution in [0.3, 0.4) is 0 Å². The maximum atomic E-state index is 13.2. The molecule has 0 unspecified atom stereocenters. The van der Waals surface area contributed by atoms with Gasteiger partial charge in [0.05, 0.1) is 5.56 Å². The first kappa shape index (κ1) is 12.5. The molecular formula is C15H13FN2O2. The van der Waals surface area contributed by atoms with Crippen molar-refractivity contribution < 1.29 is 14.3 Å². The lowest BCUT2D eigenvalue weighted by Crippen LogP contribution is -2.25. The van der Waals surface area contributed by atoms with E-state index in [1.165, 1.54) is 6.07 Å². The molecular weight excluding hydrogens is 259 g/mol. The average molecular weight is 272 g/mol. The van der Waals surface area contributed by atoms with Crippen molar-refractivity contribution in [3.63, 3.8) is 0 Å². The Labute approximate surface area is 115 Å². The molecule has 3 rings (SSSR count). The van der Waals surface area contributed by atoms with Crippen LogP contribution in [0.25, 0.3) is 0 Å². The van der Waals surface area contributed by atoms with E-state index in [1.807, 2.05) is 12.1 Å². The number of carbonyl (C=O) groups is 1. The van der Waals surface area contributed by atoms with Crippen LogP contribution in [-0.2, 0) is 13.1 Å². The number of phenolic OH excluding ortho intramolecular Hbond substituents is 1. The fourth-order valence-electron chi connectivity index (χ4n) is 2.41. The molecule has 0 saturated heterocycles. The van der Waals surface area contributed by atoms with Gasteiger partial charge in [0.1, 0.15) is 11.6 Å². The molecule has 0 saturated carbocycles. The van der Waals surface area contributed by atoms with Crippen molar-refractivity contribution in [1.29, 1.82) is 0 Å². The first-order valence-electron chi connectivity index (χ1n) is 6.19. The molecule has 102 valence electrons. The van der Waals surface area contributed by atoms with Crippen LogP contribution in [0.15, 0.2) is 36.4 Å². The standard InChI is InChI=1S/C15H13FN2O2/c16-11-2-4-14(19)13(6-11)15(20)18-7-9-1-3-12(17)5-10(9)8-18/h1-6,19H,7-8,17H2. The Morgan fingerprint density at radius 1 is 1.15 bits per heavy atom. The normalized spacial score (nSPS) is 13.3. The van der Waals surface area contributed by atoms with Crippen LogP contribution in [0.1, 0.15) is 21.5 Å². The second-order valence-electron chi connectivity index (χ2n) is 4.85. The predicted octanol–water partition coefficient (Wildman–Crippen LogP) is 2.27. The van der Waals surface area contributed by atoms with E-state index in [0.717, 1.165) is 23.3 Å². The van der Waals surface area contributed by atoms with Gasteiger partial charge in [0.2, 0.25) is 0 Å². The lowest BCUT2D eigenvalue weighted by Gasteiger charge is -2.16. The van der Waals surface area contributed by atoms with E-state index >= 15 is 0 Å². The highest BCUT2D eigenvalue weighted by atomic mass is 19.1. The summed E-state index contributed by atoms with van der Waals surface area (Å²) in [5.41, 5.74) is 8.33. The number of rotatable bonds is 1. The van der Waals surface area contributed by atoms with Crippen LogP contribution < -0.4 is 5.73 Å². The summed E-state index contributed by atoms with van der Waals surface area (Å²) < 4.78 is 13.2. The fraction of sp³-hybridized carbons (Fsp3) is 0.133. The van der Waals surface area contributed by atoms with Crippen molar-refractivity contribution in [2.75, 3.05) is 5.73 Å². The monoisotopic (exact) mass is 272 g/mol. The molecule has 3 N–H and O–H groups in total. The number of phenols is 1. The van der Waals surface area contributed by atoms with E-state index in [4.69, 9.17) is 5.73 Å². The number of anilines is 1. The van der Waals surface area contributed by atoms with Gasteiger partial charge in [-0.2, -0.15) is 0 Å². The summed E-state index contributed by atoms with van der Waals surface area (Å²) >= 11 is 0. The minimum atomic E-state index is -0.549. The van der Waals surface area contributed by atoms with Crippen LogP contribution in [0, 0.1) is 5.82 Å². The number of carbonyl (C=O) groups excluding carboxylic acids is 1. The van der Waals surface area contributed by atoms with Gasteiger partial charge in [-0.15, -0.1) is 0 Å². The lowest BCUT2D eigenvalue weighted by atomic mass is 10.1. The summed E-state index contributed by atoms with van der Waals surface area (Å²) in [7, 11) is 0. The number of hydrogen-bond donors (Lipinski definition) is 2.